The van der Waals surface area contributed by atoms with Crippen LogP contribution in [0.25, 0.3) is 0 Å². The lowest BCUT2D eigenvalue weighted by Crippen LogP contribution is -2.19. The fraction of sp³-hybridized carbons (Fsp3) is 0.455. The maximum Gasteiger partial charge on any atom is 0.141 e. The lowest BCUT2D eigenvalue weighted by molar-refractivity contribution is 0.416. The highest BCUT2D eigenvalue weighted by Gasteiger charge is 2.42. The molecule has 0 saturated heterocycles. The van der Waals surface area contributed by atoms with E-state index in [1.54, 1.807) is 7.11 Å². The third-order valence-electron chi connectivity index (χ3n) is 3.09. The van der Waals surface area contributed by atoms with Gasteiger partial charge in [-0.3, -0.25) is 0 Å². The highest BCUT2D eigenvalue weighted by molar-refractivity contribution is 5.56. The minimum absolute atomic E-state index is 0.209. The quantitative estimate of drug-likeness (QED) is 0.709. The van der Waals surface area contributed by atoms with Crippen molar-refractivity contribution in [3.8, 4) is 5.75 Å². The molecular formula is C11H16N2O. The molecule has 0 unspecified atom stereocenters. The number of nitrogens with two attached hydrogens (primary N) is 2. The Morgan fingerprint density at radius 2 is 2.14 bits per heavy atom. The van der Waals surface area contributed by atoms with Crippen molar-refractivity contribution in [2.75, 3.05) is 19.4 Å². The normalized spacial score (nSPS) is 17.9. The van der Waals surface area contributed by atoms with Gasteiger partial charge in [0.25, 0.3) is 0 Å². The number of nitrogen functional groups attached to an aromatic ring is 1. The second-order valence-electron chi connectivity index (χ2n) is 3.94. The number of anilines is 1. The zero-order valence-corrected chi connectivity index (χ0v) is 8.42. The van der Waals surface area contributed by atoms with Crippen molar-refractivity contribution in [2.45, 2.75) is 18.3 Å². The average molecular weight is 192 g/mol. The predicted octanol–water partition coefficient (Wildman–Crippen LogP) is 1.27. The first-order chi connectivity index (χ1) is 6.72. The molecule has 1 fully saturated rings. The third-order valence-corrected chi connectivity index (χ3v) is 3.09. The molecule has 0 heterocycles. The number of methoxy groups -OCH3 is 1. The van der Waals surface area contributed by atoms with Crippen molar-refractivity contribution in [1.29, 1.82) is 0 Å². The number of benzene rings is 1. The summed E-state index contributed by atoms with van der Waals surface area (Å²) < 4.78 is 5.11. The van der Waals surface area contributed by atoms with Crippen molar-refractivity contribution >= 4 is 5.69 Å². The monoisotopic (exact) mass is 192 g/mol. The summed E-state index contributed by atoms with van der Waals surface area (Å²) in [4.78, 5) is 0. The Morgan fingerprint density at radius 3 is 2.57 bits per heavy atom. The molecule has 0 aromatic heterocycles. The molecule has 1 saturated carbocycles. The van der Waals surface area contributed by atoms with Crippen molar-refractivity contribution in [3.63, 3.8) is 0 Å². The Morgan fingerprint density at radius 1 is 1.43 bits per heavy atom. The van der Waals surface area contributed by atoms with Crippen LogP contribution >= 0.6 is 0 Å². The van der Waals surface area contributed by atoms with E-state index >= 15 is 0 Å². The van der Waals surface area contributed by atoms with Crippen molar-refractivity contribution in [1.82, 2.24) is 0 Å². The molecule has 1 aromatic carbocycles. The van der Waals surface area contributed by atoms with Gasteiger partial charge in [-0.2, -0.15) is 0 Å². The highest BCUT2D eigenvalue weighted by Crippen LogP contribution is 2.48. The van der Waals surface area contributed by atoms with Gasteiger partial charge in [0.05, 0.1) is 12.8 Å². The van der Waals surface area contributed by atoms with E-state index in [2.05, 4.69) is 6.07 Å². The molecule has 14 heavy (non-hydrogen) atoms. The molecule has 4 N–H and O–H groups in total. The molecule has 3 heteroatoms. The van der Waals surface area contributed by atoms with Crippen molar-refractivity contribution < 1.29 is 4.74 Å². The summed E-state index contributed by atoms with van der Waals surface area (Å²) >= 11 is 0. The van der Waals surface area contributed by atoms with Crippen LogP contribution in [0.3, 0.4) is 0 Å². The number of rotatable bonds is 3. The van der Waals surface area contributed by atoms with E-state index in [1.165, 1.54) is 18.4 Å². The molecule has 0 bridgehead atoms. The van der Waals surface area contributed by atoms with Gasteiger partial charge in [0, 0.05) is 12.0 Å². The van der Waals surface area contributed by atoms with Gasteiger partial charge in [-0.15, -0.1) is 0 Å². The van der Waals surface area contributed by atoms with Crippen molar-refractivity contribution in [3.05, 3.63) is 23.8 Å². The second kappa shape index (κ2) is 3.17. The Hall–Kier alpha value is -1.22. The molecular weight excluding hydrogens is 176 g/mol. The van der Waals surface area contributed by atoms with E-state index < -0.39 is 0 Å². The van der Waals surface area contributed by atoms with Crippen molar-refractivity contribution in [2.24, 2.45) is 5.73 Å². The van der Waals surface area contributed by atoms with Gasteiger partial charge in [-0.1, -0.05) is 6.07 Å². The summed E-state index contributed by atoms with van der Waals surface area (Å²) in [6, 6.07) is 5.97. The average Bonchev–Trinajstić information content (AvgIpc) is 2.98. The third kappa shape index (κ3) is 1.34. The van der Waals surface area contributed by atoms with Crippen LogP contribution in [0.4, 0.5) is 5.69 Å². The molecule has 2 rings (SSSR count). The number of hydrogen-bond donors (Lipinski definition) is 2. The van der Waals surface area contributed by atoms with Crippen LogP contribution in [-0.2, 0) is 5.41 Å². The van der Waals surface area contributed by atoms with E-state index in [-0.39, 0.29) is 5.41 Å². The van der Waals surface area contributed by atoms with E-state index in [9.17, 15) is 0 Å². The fourth-order valence-electron chi connectivity index (χ4n) is 1.83. The predicted molar refractivity (Wildman–Crippen MR) is 57.4 cm³/mol. The first-order valence-corrected chi connectivity index (χ1v) is 4.86. The molecule has 0 radical (unpaired) electrons. The van der Waals surface area contributed by atoms with Crippen LogP contribution in [0.15, 0.2) is 18.2 Å². The fourth-order valence-corrected chi connectivity index (χ4v) is 1.83. The van der Waals surface area contributed by atoms with Gasteiger partial charge in [0.15, 0.2) is 0 Å². The zero-order chi connectivity index (χ0) is 10.2. The summed E-state index contributed by atoms with van der Waals surface area (Å²) in [5.74, 6) is 0.738. The standard InChI is InChI=1S/C11H16N2O/c1-14-10-3-2-8(6-9(10)13)11(7-12)4-5-11/h2-3,6H,4-5,7,12-13H2,1H3. The molecule has 1 aliphatic carbocycles. The Bertz CT molecular complexity index is 345. The Balaban J connectivity index is 2.33. The van der Waals surface area contributed by atoms with Crippen LogP contribution in [0.2, 0.25) is 0 Å². The van der Waals surface area contributed by atoms with Gasteiger partial charge in [-0.05, 0) is 30.5 Å². The largest absolute Gasteiger partial charge is 0.495 e. The molecule has 76 valence electrons. The lowest BCUT2D eigenvalue weighted by atomic mass is 9.95. The van der Waals surface area contributed by atoms with Crippen LogP contribution in [0.5, 0.6) is 5.75 Å². The first-order valence-electron chi connectivity index (χ1n) is 4.86. The minimum atomic E-state index is 0.209. The molecule has 0 spiro atoms. The number of ether oxygens (including phenoxy) is 1. The van der Waals surface area contributed by atoms with Gasteiger partial charge in [-0.25, -0.2) is 0 Å². The summed E-state index contributed by atoms with van der Waals surface area (Å²) in [6.45, 7) is 0.707. The molecule has 1 aliphatic rings. The maximum absolute atomic E-state index is 5.85. The molecule has 0 aliphatic heterocycles. The van der Waals surface area contributed by atoms with Gasteiger partial charge in [0.2, 0.25) is 0 Å². The van der Waals surface area contributed by atoms with Crippen LogP contribution in [0, 0.1) is 0 Å². The van der Waals surface area contributed by atoms with E-state index in [0.29, 0.717) is 12.2 Å². The summed E-state index contributed by atoms with van der Waals surface area (Å²) in [5, 5.41) is 0. The van der Waals surface area contributed by atoms with E-state index in [0.717, 1.165) is 5.75 Å². The Kier molecular flexibility index (Phi) is 2.11. The SMILES string of the molecule is COc1ccc(C2(CN)CC2)cc1N. The van der Waals surface area contributed by atoms with Gasteiger partial charge >= 0.3 is 0 Å². The maximum atomic E-state index is 5.85. The molecule has 3 nitrogen and oxygen atoms in total. The Labute approximate surface area is 84.0 Å². The molecule has 0 atom stereocenters. The molecule has 1 aromatic rings. The van der Waals surface area contributed by atoms with E-state index in [4.69, 9.17) is 16.2 Å². The summed E-state index contributed by atoms with van der Waals surface area (Å²) in [7, 11) is 1.63. The second-order valence-corrected chi connectivity index (χ2v) is 3.94. The van der Waals surface area contributed by atoms with Crippen LogP contribution in [0.1, 0.15) is 18.4 Å². The topological polar surface area (TPSA) is 61.3 Å². The smallest absolute Gasteiger partial charge is 0.141 e. The van der Waals surface area contributed by atoms with Gasteiger partial charge in [0.1, 0.15) is 5.75 Å². The summed E-state index contributed by atoms with van der Waals surface area (Å²) in [5.41, 5.74) is 13.8. The summed E-state index contributed by atoms with van der Waals surface area (Å²) in [6.07, 6.45) is 2.35. The highest BCUT2D eigenvalue weighted by atomic mass is 16.5. The van der Waals surface area contributed by atoms with Crippen LogP contribution < -0.4 is 16.2 Å². The van der Waals surface area contributed by atoms with Crippen LogP contribution in [-0.4, -0.2) is 13.7 Å². The van der Waals surface area contributed by atoms with E-state index in [1.807, 2.05) is 12.1 Å². The lowest BCUT2D eigenvalue weighted by Gasteiger charge is -2.14. The van der Waals surface area contributed by atoms with Gasteiger partial charge < -0.3 is 16.2 Å². The zero-order valence-electron chi connectivity index (χ0n) is 8.42. The first kappa shape index (κ1) is 9.34. The molecule has 0 amide bonds. The minimum Gasteiger partial charge on any atom is -0.495 e. The number of hydrogen-bond acceptors (Lipinski definition) is 3.